The number of methoxy groups -OCH3 is 3. The van der Waals surface area contributed by atoms with Crippen LogP contribution in [0.2, 0.25) is 0 Å². The molecule has 0 radical (unpaired) electrons. The lowest BCUT2D eigenvalue weighted by atomic mass is 10.1. The number of hydrogen-bond acceptors (Lipinski definition) is 12. The van der Waals surface area contributed by atoms with Crippen LogP contribution in [0.1, 0.15) is 33.8 Å². The van der Waals surface area contributed by atoms with Gasteiger partial charge in [-0.25, -0.2) is 9.78 Å². The number of anilines is 3. The second kappa shape index (κ2) is 12.1. The topological polar surface area (TPSA) is 137 Å². The highest BCUT2D eigenvalue weighted by Gasteiger charge is 2.20. The van der Waals surface area contributed by atoms with Crippen LogP contribution >= 0.6 is 11.3 Å². The van der Waals surface area contributed by atoms with Gasteiger partial charge < -0.3 is 33.7 Å². The van der Waals surface area contributed by atoms with Crippen molar-refractivity contribution in [2.45, 2.75) is 32.4 Å². The van der Waals surface area contributed by atoms with E-state index >= 15 is 0 Å². The Kier molecular flexibility index (Phi) is 8.69. The molecule has 13 heteroatoms. The summed E-state index contributed by atoms with van der Waals surface area (Å²) in [6.45, 7) is 3.37. The summed E-state index contributed by atoms with van der Waals surface area (Å²) >= 11 is 1.02. The van der Waals surface area contributed by atoms with Crippen LogP contribution in [0.25, 0.3) is 0 Å². The van der Waals surface area contributed by atoms with Gasteiger partial charge in [-0.15, -0.1) is 0 Å². The van der Waals surface area contributed by atoms with Gasteiger partial charge in [0, 0.05) is 32.5 Å². The number of thiazole rings is 1. The summed E-state index contributed by atoms with van der Waals surface area (Å²) in [5.74, 6) is 1.82. The molecule has 38 heavy (non-hydrogen) atoms. The van der Waals surface area contributed by atoms with Gasteiger partial charge in [-0.2, -0.15) is 9.97 Å². The van der Waals surface area contributed by atoms with Gasteiger partial charge in [0.1, 0.15) is 16.8 Å². The monoisotopic (exact) mass is 545 g/mol. The third-order valence-electron chi connectivity index (χ3n) is 5.89. The lowest BCUT2D eigenvalue weighted by molar-refractivity contribution is 0.0238. The number of aryl methyl sites for hydroxylation is 1. The minimum absolute atomic E-state index is 0.0273. The van der Waals surface area contributed by atoms with Crippen molar-refractivity contribution in [3.63, 3.8) is 0 Å². The highest BCUT2D eigenvalue weighted by molar-refractivity contribution is 7.17. The highest BCUT2D eigenvalue weighted by atomic mass is 32.1. The molecule has 1 aliphatic rings. The van der Waals surface area contributed by atoms with Gasteiger partial charge >= 0.3 is 5.97 Å². The van der Waals surface area contributed by atoms with E-state index in [4.69, 9.17) is 23.7 Å². The summed E-state index contributed by atoms with van der Waals surface area (Å²) < 4.78 is 28.0. The van der Waals surface area contributed by atoms with Crippen LogP contribution in [0, 0.1) is 6.92 Å². The fraction of sp³-hybridized carbons (Fsp3) is 0.440. The molecule has 0 amide bonds. The van der Waals surface area contributed by atoms with Crippen LogP contribution in [-0.2, 0) is 11.3 Å². The van der Waals surface area contributed by atoms with E-state index in [1.165, 1.54) is 0 Å². The van der Waals surface area contributed by atoms with E-state index in [2.05, 4.69) is 20.3 Å². The molecule has 1 aliphatic heterocycles. The van der Waals surface area contributed by atoms with Gasteiger partial charge in [0.05, 0.1) is 40.2 Å². The molecule has 0 bridgehead atoms. The number of aromatic nitrogens is 3. The lowest BCUT2D eigenvalue weighted by Crippen LogP contribution is -2.26. The molecule has 3 heterocycles. The van der Waals surface area contributed by atoms with Crippen LogP contribution in [0.15, 0.2) is 18.2 Å². The van der Waals surface area contributed by atoms with Crippen LogP contribution in [0.5, 0.6) is 23.1 Å². The average Bonchev–Trinajstić information content (AvgIpc) is 3.28. The van der Waals surface area contributed by atoms with E-state index in [1.807, 2.05) is 24.1 Å². The molecule has 0 atom stereocenters. The normalized spacial score (nSPS) is 13.6. The summed E-state index contributed by atoms with van der Waals surface area (Å²) in [4.78, 5) is 27.0. The molecule has 3 aromatic rings. The Morgan fingerprint density at radius 3 is 2.37 bits per heavy atom. The van der Waals surface area contributed by atoms with E-state index in [9.17, 15) is 9.90 Å². The van der Waals surface area contributed by atoms with Gasteiger partial charge in [0.2, 0.25) is 17.6 Å². The van der Waals surface area contributed by atoms with Gasteiger partial charge in [-0.05, 0) is 24.6 Å². The Hall–Kier alpha value is -3.84. The SMILES string of the molecule is COc1cc(CN(C)c2cc(OC3CCOCC3)nc(Nc3nc(C)c(C(=O)O)s3)n2)cc(OC)c1OC. The first-order chi connectivity index (χ1) is 18.3. The molecule has 204 valence electrons. The number of ether oxygens (including phenoxy) is 5. The zero-order valence-corrected chi connectivity index (χ0v) is 22.8. The average molecular weight is 546 g/mol. The van der Waals surface area contributed by atoms with Gasteiger partial charge in [-0.1, -0.05) is 11.3 Å². The van der Waals surface area contributed by atoms with E-state index in [1.54, 1.807) is 34.3 Å². The van der Waals surface area contributed by atoms with Crippen LogP contribution in [0.4, 0.5) is 16.9 Å². The van der Waals surface area contributed by atoms with Crippen molar-refractivity contribution >= 4 is 34.2 Å². The van der Waals surface area contributed by atoms with Gasteiger partial charge in [0.25, 0.3) is 0 Å². The highest BCUT2D eigenvalue weighted by Crippen LogP contribution is 2.38. The number of rotatable bonds is 11. The van der Waals surface area contributed by atoms with Crippen molar-refractivity contribution in [2.24, 2.45) is 0 Å². The maximum atomic E-state index is 11.5. The van der Waals surface area contributed by atoms with Gasteiger partial charge in [0.15, 0.2) is 16.6 Å². The summed E-state index contributed by atoms with van der Waals surface area (Å²) in [7, 11) is 6.60. The first kappa shape index (κ1) is 27.2. The molecule has 4 rings (SSSR count). The number of nitrogens with zero attached hydrogens (tertiary/aromatic N) is 4. The number of carboxylic acids is 1. The zero-order chi connectivity index (χ0) is 27.2. The van der Waals surface area contributed by atoms with E-state index in [-0.39, 0.29) is 16.9 Å². The standard InChI is InChI=1S/C25H31N5O7S/c1-14-22(23(31)32)38-25(26-14)29-24-27-19(12-20(28-24)37-16-6-8-36-9-7-16)30(2)13-15-10-17(33-3)21(35-5)18(11-15)34-4/h10-12,16H,6-9,13H2,1-5H3,(H,31,32)(H,26,27,28,29). The third kappa shape index (κ3) is 6.34. The number of carboxylic acid groups (broad SMARTS) is 1. The summed E-state index contributed by atoms with van der Waals surface area (Å²) in [5.41, 5.74) is 1.32. The summed E-state index contributed by atoms with van der Waals surface area (Å²) in [6, 6.07) is 5.53. The Bertz CT molecular complexity index is 1250. The molecule has 2 aromatic heterocycles. The van der Waals surface area contributed by atoms with Crippen LogP contribution < -0.4 is 29.2 Å². The Labute approximate surface area is 224 Å². The molecule has 1 saturated heterocycles. The van der Waals surface area contributed by atoms with Crippen LogP contribution in [-0.4, -0.2) is 73.7 Å². The fourth-order valence-electron chi connectivity index (χ4n) is 4.01. The molecular formula is C25H31N5O7S. The minimum Gasteiger partial charge on any atom is -0.493 e. The van der Waals surface area contributed by atoms with Crippen molar-refractivity contribution in [1.82, 2.24) is 15.0 Å². The van der Waals surface area contributed by atoms with Crippen molar-refractivity contribution in [2.75, 3.05) is 51.8 Å². The molecule has 2 N–H and O–H groups in total. The van der Waals surface area contributed by atoms with Crippen molar-refractivity contribution in [3.8, 4) is 23.1 Å². The maximum Gasteiger partial charge on any atom is 0.347 e. The zero-order valence-electron chi connectivity index (χ0n) is 21.9. The fourth-order valence-corrected chi connectivity index (χ4v) is 4.81. The first-order valence-corrected chi connectivity index (χ1v) is 12.7. The second-order valence-electron chi connectivity index (χ2n) is 8.57. The predicted molar refractivity (Wildman–Crippen MR) is 142 cm³/mol. The largest absolute Gasteiger partial charge is 0.493 e. The quantitative estimate of drug-likeness (QED) is 0.361. The van der Waals surface area contributed by atoms with Crippen molar-refractivity contribution < 1.29 is 33.6 Å². The van der Waals surface area contributed by atoms with E-state index in [0.717, 1.165) is 29.7 Å². The van der Waals surface area contributed by atoms with E-state index < -0.39 is 5.97 Å². The van der Waals surface area contributed by atoms with Gasteiger partial charge in [-0.3, -0.25) is 5.32 Å². The van der Waals surface area contributed by atoms with Crippen molar-refractivity contribution in [3.05, 3.63) is 34.3 Å². The second-order valence-corrected chi connectivity index (χ2v) is 9.57. The van der Waals surface area contributed by atoms with Crippen molar-refractivity contribution in [1.29, 1.82) is 0 Å². The minimum atomic E-state index is -1.03. The molecule has 1 fully saturated rings. The predicted octanol–water partition coefficient (Wildman–Crippen LogP) is 3.90. The number of benzene rings is 1. The first-order valence-electron chi connectivity index (χ1n) is 11.9. The Balaban J connectivity index is 1.63. The molecule has 12 nitrogen and oxygen atoms in total. The Morgan fingerprint density at radius 1 is 1.11 bits per heavy atom. The molecule has 0 spiro atoms. The number of hydrogen-bond donors (Lipinski definition) is 2. The number of nitrogens with one attached hydrogen (secondary N) is 1. The summed E-state index contributed by atoms with van der Waals surface area (Å²) in [6.07, 6.45) is 1.49. The number of carbonyl (C=O) groups is 1. The lowest BCUT2D eigenvalue weighted by Gasteiger charge is -2.24. The molecule has 1 aromatic carbocycles. The van der Waals surface area contributed by atoms with E-state index in [0.29, 0.717) is 59.5 Å². The molecule has 0 unspecified atom stereocenters. The smallest absolute Gasteiger partial charge is 0.347 e. The third-order valence-corrected chi connectivity index (χ3v) is 6.95. The summed E-state index contributed by atoms with van der Waals surface area (Å²) in [5, 5.41) is 12.8. The maximum absolute atomic E-state index is 11.5. The number of aromatic carboxylic acids is 1. The molecule has 0 aliphatic carbocycles. The Morgan fingerprint density at radius 2 is 1.79 bits per heavy atom. The molecule has 0 saturated carbocycles. The molecular weight excluding hydrogens is 514 g/mol. The van der Waals surface area contributed by atoms with Crippen LogP contribution in [0.3, 0.4) is 0 Å².